The zero-order chi connectivity index (χ0) is 11.3. The number of aliphatic hydroxyl groups is 1. The summed E-state index contributed by atoms with van der Waals surface area (Å²) in [5, 5.41) is 12.2. The molecule has 4 heteroatoms. The van der Waals surface area contributed by atoms with E-state index in [1.54, 1.807) is 6.92 Å². The van der Waals surface area contributed by atoms with E-state index in [0.717, 1.165) is 17.9 Å². The maximum atomic E-state index is 9.06. The average molecular weight is 209 g/mol. The van der Waals surface area contributed by atoms with E-state index < -0.39 is 0 Å². The van der Waals surface area contributed by atoms with Gasteiger partial charge in [0.1, 0.15) is 5.82 Å². The summed E-state index contributed by atoms with van der Waals surface area (Å²) in [5.74, 6) is 0.953. The van der Waals surface area contributed by atoms with Gasteiger partial charge in [-0.2, -0.15) is 0 Å². The molecular formula is C11H19N3O. The highest BCUT2D eigenvalue weighted by molar-refractivity contribution is 5.37. The Morgan fingerprint density at radius 2 is 2.20 bits per heavy atom. The Morgan fingerprint density at radius 3 is 2.67 bits per heavy atom. The van der Waals surface area contributed by atoms with E-state index in [4.69, 9.17) is 5.11 Å². The van der Waals surface area contributed by atoms with Gasteiger partial charge in [-0.05, 0) is 18.6 Å². The molecule has 0 spiro atoms. The smallest absolute Gasteiger partial charge is 0.127 e. The molecule has 15 heavy (non-hydrogen) atoms. The first kappa shape index (κ1) is 11.9. The van der Waals surface area contributed by atoms with Crippen molar-refractivity contribution in [3.63, 3.8) is 0 Å². The van der Waals surface area contributed by atoms with Gasteiger partial charge < -0.3 is 15.3 Å². The van der Waals surface area contributed by atoms with Crippen molar-refractivity contribution < 1.29 is 5.11 Å². The van der Waals surface area contributed by atoms with E-state index in [9.17, 15) is 0 Å². The van der Waals surface area contributed by atoms with Crippen molar-refractivity contribution >= 4 is 5.82 Å². The molecule has 84 valence electrons. The van der Waals surface area contributed by atoms with Crippen LogP contribution in [0.4, 0.5) is 5.82 Å². The maximum absolute atomic E-state index is 9.06. The van der Waals surface area contributed by atoms with E-state index >= 15 is 0 Å². The number of nitrogens with one attached hydrogen (secondary N) is 1. The highest BCUT2D eigenvalue weighted by Gasteiger charge is 1.98. The number of rotatable bonds is 5. The highest BCUT2D eigenvalue weighted by Crippen LogP contribution is 2.07. The molecule has 1 rings (SSSR count). The van der Waals surface area contributed by atoms with E-state index in [0.29, 0.717) is 6.54 Å². The molecule has 0 saturated carbocycles. The number of hydrogen-bond donors (Lipinski definition) is 2. The Hall–Kier alpha value is -1.13. The van der Waals surface area contributed by atoms with Crippen LogP contribution in [0.2, 0.25) is 0 Å². The standard InChI is InChI=1S/C11H19N3O/c1-9(15)6-12-7-10-4-5-11(13-8-10)14(2)3/h4-5,8-9,12,15H,6-7H2,1-3H3/t9-/m0/s1. The molecule has 0 saturated heterocycles. The van der Waals surface area contributed by atoms with Crippen molar-refractivity contribution in [1.29, 1.82) is 0 Å². The van der Waals surface area contributed by atoms with Gasteiger partial charge in [0, 0.05) is 33.4 Å². The normalized spacial score (nSPS) is 12.5. The second kappa shape index (κ2) is 5.68. The fourth-order valence-electron chi connectivity index (χ4n) is 1.21. The number of aliphatic hydroxyl groups excluding tert-OH is 1. The molecule has 0 aliphatic heterocycles. The monoisotopic (exact) mass is 209 g/mol. The molecule has 0 radical (unpaired) electrons. The Balaban J connectivity index is 2.43. The van der Waals surface area contributed by atoms with Crippen LogP contribution in [0.3, 0.4) is 0 Å². The molecule has 1 aromatic heterocycles. The van der Waals surface area contributed by atoms with Gasteiger partial charge in [0.25, 0.3) is 0 Å². The van der Waals surface area contributed by atoms with Gasteiger partial charge in [-0.25, -0.2) is 4.98 Å². The molecule has 0 aromatic carbocycles. The first-order valence-corrected chi connectivity index (χ1v) is 5.10. The van der Waals surface area contributed by atoms with Crippen molar-refractivity contribution in [1.82, 2.24) is 10.3 Å². The molecule has 1 atom stereocenters. The zero-order valence-electron chi connectivity index (χ0n) is 9.57. The third-order valence-electron chi connectivity index (χ3n) is 2.04. The van der Waals surface area contributed by atoms with Gasteiger partial charge >= 0.3 is 0 Å². The molecule has 0 bridgehead atoms. The molecular weight excluding hydrogens is 190 g/mol. The van der Waals surface area contributed by atoms with Gasteiger partial charge in [-0.1, -0.05) is 6.07 Å². The number of hydrogen-bond acceptors (Lipinski definition) is 4. The lowest BCUT2D eigenvalue weighted by atomic mass is 10.2. The SMILES string of the molecule is C[C@H](O)CNCc1ccc(N(C)C)nc1. The lowest BCUT2D eigenvalue weighted by molar-refractivity contribution is 0.191. The van der Waals surface area contributed by atoms with Gasteiger partial charge in [0.05, 0.1) is 6.10 Å². The first-order valence-electron chi connectivity index (χ1n) is 5.10. The van der Waals surface area contributed by atoms with Crippen molar-refractivity contribution in [3.8, 4) is 0 Å². The minimum Gasteiger partial charge on any atom is -0.392 e. The average Bonchev–Trinajstić information content (AvgIpc) is 2.18. The molecule has 1 heterocycles. The Kier molecular flexibility index (Phi) is 4.52. The van der Waals surface area contributed by atoms with Crippen molar-refractivity contribution in [2.45, 2.75) is 19.6 Å². The van der Waals surface area contributed by atoms with Crippen LogP contribution in [-0.4, -0.2) is 36.8 Å². The molecule has 0 aliphatic carbocycles. The largest absolute Gasteiger partial charge is 0.392 e. The second-order valence-corrected chi connectivity index (χ2v) is 3.90. The molecule has 4 nitrogen and oxygen atoms in total. The Labute approximate surface area is 90.9 Å². The summed E-state index contributed by atoms with van der Waals surface area (Å²) >= 11 is 0. The topological polar surface area (TPSA) is 48.4 Å². The molecule has 0 aliphatic rings. The Morgan fingerprint density at radius 1 is 1.47 bits per heavy atom. The van der Waals surface area contributed by atoms with Gasteiger partial charge in [-0.15, -0.1) is 0 Å². The second-order valence-electron chi connectivity index (χ2n) is 3.90. The predicted molar refractivity (Wildman–Crippen MR) is 62.0 cm³/mol. The van der Waals surface area contributed by atoms with E-state index in [2.05, 4.69) is 10.3 Å². The van der Waals surface area contributed by atoms with Crippen LogP contribution in [0.15, 0.2) is 18.3 Å². The van der Waals surface area contributed by atoms with Crippen LogP contribution >= 0.6 is 0 Å². The minimum atomic E-state index is -0.306. The fourth-order valence-corrected chi connectivity index (χ4v) is 1.21. The summed E-state index contributed by atoms with van der Waals surface area (Å²) in [7, 11) is 3.93. The van der Waals surface area contributed by atoms with Gasteiger partial charge in [-0.3, -0.25) is 0 Å². The van der Waals surface area contributed by atoms with Crippen LogP contribution in [-0.2, 0) is 6.54 Å². The summed E-state index contributed by atoms with van der Waals surface area (Å²) in [5.41, 5.74) is 1.13. The van der Waals surface area contributed by atoms with Crippen LogP contribution < -0.4 is 10.2 Å². The van der Waals surface area contributed by atoms with Crippen LogP contribution in [0.25, 0.3) is 0 Å². The quantitative estimate of drug-likeness (QED) is 0.746. The number of pyridine rings is 1. The summed E-state index contributed by atoms with van der Waals surface area (Å²) in [6.07, 6.45) is 1.55. The predicted octanol–water partition coefficient (Wildman–Crippen LogP) is 0.618. The third-order valence-corrected chi connectivity index (χ3v) is 2.04. The summed E-state index contributed by atoms with van der Waals surface area (Å²) in [6, 6.07) is 4.02. The van der Waals surface area contributed by atoms with Gasteiger partial charge in [0.2, 0.25) is 0 Å². The van der Waals surface area contributed by atoms with Crippen molar-refractivity contribution in [2.24, 2.45) is 0 Å². The minimum absolute atomic E-state index is 0.306. The number of aromatic nitrogens is 1. The number of nitrogens with zero attached hydrogens (tertiary/aromatic N) is 2. The van der Waals surface area contributed by atoms with Crippen LogP contribution in [0, 0.1) is 0 Å². The molecule has 1 aromatic rings. The van der Waals surface area contributed by atoms with Crippen LogP contribution in [0.5, 0.6) is 0 Å². The highest BCUT2D eigenvalue weighted by atomic mass is 16.3. The lowest BCUT2D eigenvalue weighted by Crippen LogP contribution is -2.23. The zero-order valence-corrected chi connectivity index (χ0v) is 9.57. The van der Waals surface area contributed by atoms with Crippen LogP contribution in [0.1, 0.15) is 12.5 Å². The maximum Gasteiger partial charge on any atom is 0.127 e. The van der Waals surface area contributed by atoms with E-state index in [1.165, 1.54) is 0 Å². The molecule has 2 N–H and O–H groups in total. The lowest BCUT2D eigenvalue weighted by Gasteiger charge is -2.11. The van der Waals surface area contributed by atoms with E-state index in [1.807, 2.05) is 37.3 Å². The number of anilines is 1. The summed E-state index contributed by atoms with van der Waals surface area (Å²) in [4.78, 5) is 6.26. The molecule has 0 unspecified atom stereocenters. The summed E-state index contributed by atoms with van der Waals surface area (Å²) < 4.78 is 0. The summed E-state index contributed by atoms with van der Waals surface area (Å²) in [6.45, 7) is 3.11. The fraction of sp³-hybridized carbons (Fsp3) is 0.545. The van der Waals surface area contributed by atoms with Crippen molar-refractivity contribution in [2.75, 3.05) is 25.5 Å². The van der Waals surface area contributed by atoms with E-state index in [-0.39, 0.29) is 6.10 Å². The first-order chi connectivity index (χ1) is 7.09. The van der Waals surface area contributed by atoms with Gasteiger partial charge in [0.15, 0.2) is 0 Å². The van der Waals surface area contributed by atoms with Crippen molar-refractivity contribution in [3.05, 3.63) is 23.9 Å². The third kappa shape index (κ3) is 4.27. The molecule has 0 amide bonds. The molecule has 0 fully saturated rings. The Bertz CT molecular complexity index is 282.